The van der Waals surface area contributed by atoms with E-state index < -0.39 is 18.4 Å². The van der Waals surface area contributed by atoms with Gasteiger partial charge in [-0.2, -0.15) is 0 Å². The molecule has 0 radical (unpaired) electrons. The number of nitro benzene ring substituents is 1. The number of amides is 1. The smallest absolute Gasteiger partial charge is 0.350 e. The lowest BCUT2D eigenvalue weighted by atomic mass is 10.1. The van der Waals surface area contributed by atoms with Gasteiger partial charge in [0.25, 0.3) is 11.6 Å². The minimum Gasteiger partial charge on any atom is -0.495 e. The molecule has 0 aliphatic carbocycles. The molecule has 13 heteroatoms. The van der Waals surface area contributed by atoms with Gasteiger partial charge in [0, 0.05) is 27.6 Å². The summed E-state index contributed by atoms with van der Waals surface area (Å²) in [5, 5.41) is 17.0. The number of hydrogen-bond donors (Lipinski definition) is 2. The maximum atomic E-state index is 13.7. The van der Waals surface area contributed by atoms with Crippen LogP contribution in [0, 0.1) is 10.1 Å². The van der Waals surface area contributed by atoms with Crippen LogP contribution in [0.25, 0.3) is 0 Å². The normalized spacial score (nSPS) is 13.4. The van der Waals surface area contributed by atoms with Gasteiger partial charge >= 0.3 is 7.60 Å². The minimum absolute atomic E-state index is 0.0331. The van der Waals surface area contributed by atoms with Crippen molar-refractivity contribution in [2.45, 2.75) is 40.8 Å². The van der Waals surface area contributed by atoms with Gasteiger partial charge in [-0.3, -0.25) is 24.0 Å². The van der Waals surface area contributed by atoms with Crippen molar-refractivity contribution in [3.05, 3.63) is 82.4 Å². The van der Waals surface area contributed by atoms with E-state index in [0.29, 0.717) is 26.9 Å². The highest BCUT2D eigenvalue weighted by molar-refractivity contribution is 14.1. The highest BCUT2D eigenvalue weighted by Gasteiger charge is 2.29. The van der Waals surface area contributed by atoms with Gasteiger partial charge in [-0.25, -0.2) is 0 Å². The fourth-order valence-corrected chi connectivity index (χ4v) is 7.18. The fourth-order valence-electron chi connectivity index (χ4n) is 3.52. The second-order valence-corrected chi connectivity index (χ2v) is 13.3. The van der Waals surface area contributed by atoms with Crippen LogP contribution in [-0.2, 0) is 13.6 Å². The predicted molar refractivity (Wildman–Crippen MR) is 161 cm³/mol. The molecule has 2 N–H and O–H groups in total. The van der Waals surface area contributed by atoms with E-state index in [-0.39, 0.29) is 27.8 Å². The molecule has 3 aromatic carbocycles. The van der Waals surface area contributed by atoms with Gasteiger partial charge in [-0.1, -0.05) is 52.6 Å². The Morgan fingerprint density at radius 2 is 1.69 bits per heavy atom. The number of benzene rings is 3. The summed E-state index contributed by atoms with van der Waals surface area (Å²) < 4.78 is 29.7. The standard InChI is InChI=1S/C26H29IN3O7PS/c1-17(2)36-38(34,37-18(3)27)16-28-22-9-7-11-24(39-20-14-12-19(13-15-20)30(32)33)25(22)26(31)29-21-8-5-6-10-23(21)35-4/h5-15,17-18,28H,16H2,1-4H3,(H,29,31). The van der Waals surface area contributed by atoms with Crippen LogP contribution in [0.15, 0.2) is 76.5 Å². The molecule has 2 unspecified atom stereocenters. The Hall–Kier alpha value is -2.64. The number of carbonyl (C=O) groups excluding carboxylic acids is 1. The number of hydrogen-bond acceptors (Lipinski definition) is 9. The number of halogens is 1. The van der Waals surface area contributed by atoms with Gasteiger partial charge in [-0.15, -0.1) is 0 Å². The zero-order chi connectivity index (χ0) is 28.6. The molecular weight excluding hydrogens is 656 g/mol. The second kappa shape index (κ2) is 14.1. The molecule has 0 aliphatic heterocycles. The average Bonchev–Trinajstić information content (AvgIpc) is 2.87. The monoisotopic (exact) mass is 685 g/mol. The van der Waals surface area contributed by atoms with Crippen LogP contribution >= 0.6 is 41.9 Å². The van der Waals surface area contributed by atoms with E-state index in [1.807, 2.05) is 22.6 Å². The van der Waals surface area contributed by atoms with Crippen LogP contribution in [0.5, 0.6) is 5.75 Å². The number of carbonyl (C=O) groups is 1. The Kier molecular flexibility index (Phi) is 11.2. The van der Waals surface area contributed by atoms with E-state index in [1.54, 1.807) is 75.4 Å². The lowest BCUT2D eigenvalue weighted by Gasteiger charge is -2.24. The molecular formula is C26H29IN3O7PS. The van der Waals surface area contributed by atoms with Crippen LogP contribution in [0.4, 0.5) is 17.1 Å². The van der Waals surface area contributed by atoms with Crippen molar-refractivity contribution in [3.63, 3.8) is 0 Å². The van der Waals surface area contributed by atoms with E-state index in [0.717, 1.165) is 0 Å². The number of nitrogens with one attached hydrogen (secondary N) is 2. The number of rotatable bonds is 13. The number of anilines is 2. The van der Waals surface area contributed by atoms with Crippen LogP contribution in [-0.4, -0.2) is 34.4 Å². The summed E-state index contributed by atoms with van der Waals surface area (Å²) in [5.74, 6) is 0.0509. The lowest BCUT2D eigenvalue weighted by Crippen LogP contribution is -2.18. The maximum absolute atomic E-state index is 13.7. The summed E-state index contributed by atoms with van der Waals surface area (Å²) in [7, 11) is -2.05. The molecule has 1 amide bonds. The van der Waals surface area contributed by atoms with Crippen molar-refractivity contribution in [1.29, 1.82) is 0 Å². The summed E-state index contributed by atoms with van der Waals surface area (Å²) in [5.41, 5.74) is 1.13. The molecule has 0 bridgehead atoms. The van der Waals surface area contributed by atoms with Gasteiger partial charge in [0.05, 0.1) is 29.4 Å². The minimum atomic E-state index is -3.56. The molecule has 10 nitrogen and oxygen atoms in total. The number of ether oxygens (including phenoxy) is 1. The van der Waals surface area contributed by atoms with E-state index in [4.69, 9.17) is 13.8 Å². The molecule has 39 heavy (non-hydrogen) atoms. The number of alkyl halides is 1. The Balaban J connectivity index is 2.00. The van der Waals surface area contributed by atoms with Crippen molar-refractivity contribution >= 4 is 64.9 Å². The molecule has 0 saturated heterocycles. The van der Waals surface area contributed by atoms with E-state index in [9.17, 15) is 19.5 Å². The van der Waals surface area contributed by atoms with Gasteiger partial charge in [0.1, 0.15) is 16.1 Å². The Morgan fingerprint density at radius 1 is 1.03 bits per heavy atom. The Morgan fingerprint density at radius 3 is 2.31 bits per heavy atom. The Labute approximate surface area is 245 Å². The van der Waals surface area contributed by atoms with Crippen molar-refractivity contribution in [2.75, 3.05) is 24.0 Å². The number of para-hydroxylation sites is 2. The number of non-ortho nitro benzene ring substituents is 1. The predicted octanol–water partition coefficient (Wildman–Crippen LogP) is 7.79. The van der Waals surface area contributed by atoms with Crippen LogP contribution in [0.1, 0.15) is 31.1 Å². The molecule has 0 spiro atoms. The first kappa shape index (κ1) is 30.9. The molecule has 3 aromatic rings. The SMILES string of the molecule is COc1ccccc1NC(=O)c1c(NCP(=O)(OC(C)C)OC(C)I)cccc1Sc1ccc([N+](=O)[O-])cc1. The molecule has 0 saturated carbocycles. The van der Waals surface area contributed by atoms with Crippen molar-refractivity contribution < 1.29 is 28.1 Å². The molecule has 208 valence electrons. The lowest BCUT2D eigenvalue weighted by molar-refractivity contribution is -0.384. The van der Waals surface area contributed by atoms with E-state index in [1.165, 1.54) is 31.0 Å². The summed E-state index contributed by atoms with van der Waals surface area (Å²) in [6, 6.07) is 18.3. The fraction of sp³-hybridized carbons (Fsp3) is 0.269. The zero-order valence-electron chi connectivity index (χ0n) is 21.8. The first-order chi connectivity index (χ1) is 18.5. The van der Waals surface area contributed by atoms with Gasteiger partial charge in [-0.05, 0) is 57.2 Å². The Bertz CT molecular complexity index is 1340. The third-order valence-corrected chi connectivity index (χ3v) is 8.67. The highest BCUT2D eigenvalue weighted by Crippen LogP contribution is 2.51. The molecule has 2 atom stereocenters. The number of nitrogens with zero attached hydrogens (tertiary/aromatic N) is 1. The van der Waals surface area contributed by atoms with Crippen molar-refractivity contribution in [2.24, 2.45) is 0 Å². The highest BCUT2D eigenvalue weighted by atomic mass is 127. The van der Waals surface area contributed by atoms with E-state index >= 15 is 0 Å². The molecule has 3 rings (SSSR count). The number of methoxy groups -OCH3 is 1. The van der Waals surface area contributed by atoms with Gasteiger partial charge in [0.15, 0.2) is 0 Å². The second-order valence-electron chi connectivity index (χ2n) is 8.43. The molecule has 0 fully saturated rings. The largest absolute Gasteiger partial charge is 0.495 e. The average molecular weight is 685 g/mol. The first-order valence-electron chi connectivity index (χ1n) is 11.8. The first-order valence-corrected chi connectivity index (χ1v) is 15.6. The zero-order valence-corrected chi connectivity index (χ0v) is 25.6. The van der Waals surface area contributed by atoms with Gasteiger partial charge in [0.2, 0.25) is 0 Å². The number of nitro groups is 1. The third-order valence-electron chi connectivity index (χ3n) is 5.02. The summed E-state index contributed by atoms with van der Waals surface area (Å²) in [6.07, 6.45) is -0.510. The topological polar surface area (TPSA) is 129 Å². The summed E-state index contributed by atoms with van der Waals surface area (Å²) in [4.78, 5) is 25.5. The molecule has 0 heterocycles. The van der Waals surface area contributed by atoms with Crippen LogP contribution < -0.4 is 15.4 Å². The third kappa shape index (κ3) is 8.94. The van der Waals surface area contributed by atoms with Crippen LogP contribution in [0.3, 0.4) is 0 Å². The van der Waals surface area contributed by atoms with Crippen LogP contribution in [0.2, 0.25) is 0 Å². The quantitative estimate of drug-likeness (QED) is 0.0609. The van der Waals surface area contributed by atoms with Gasteiger partial charge < -0.3 is 19.9 Å². The maximum Gasteiger partial charge on any atom is 0.350 e. The van der Waals surface area contributed by atoms with Crippen molar-refractivity contribution in [3.8, 4) is 5.75 Å². The molecule has 0 aliphatic rings. The summed E-state index contributed by atoms with van der Waals surface area (Å²) in [6.45, 7) is 5.29. The summed E-state index contributed by atoms with van der Waals surface area (Å²) >= 11 is 3.27. The molecule has 0 aromatic heterocycles. The van der Waals surface area contributed by atoms with E-state index in [2.05, 4.69) is 10.6 Å². The van der Waals surface area contributed by atoms with Crippen molar-refractivity contribution in [1.82, 2.24) is 0 Å².